The molecule has 7 aromatic carbocycles. The number of fused-ring (bicyclic) bond motifs is 9. The van der Waals surface area contributed by atoms with E-state index in [1.54, 1.807) is 0 Å². The van der Waals surface area contributed by atoms with E-state index >= 15 is 0 Å². The van der Waals surface area contributed by atoms with Gasteiger partial charge in [0.25, 0.3) is 0 Å². The molecule has 0 aliphatic heterocycles. The zero-order valence-corrected chi connectivity index (χ0v) is 20.6. The maximum Gasteiger partial charge on any atom is 0.143 e. The third kappa shape index (κ3) is 3.28. The minimum Gasteiger partial charge on any atom is -0.455 e. The van der Waals surface area contributed by atoms with Gasteiger partial charge in [0, 0.05) is 27.5 Å². The first kappa shape index (κ1) is 21.0. The summed E-state index contributed by atoms with van der Waals surface area (Å²) in [6, 6.07) is 47.2. The summed E-state index contributed by atoms with van der Waals surface area (Å²) in [4.78, 5) is 0. The standard InChI is InChI=1S/C36H23NO/c1-2-8-25-21-28(19-15-23(25)7-1)37-27-17-13-24(14-18-27)26-16-20-33-34(22-26)38-36-32-12-6-4-10-30(32)29-9-3-5-11-31(29)35(33)36/h1-22,37H. The van der Waals surface area contributed by atoms with Crippen LogP contribution in [0, 0.1) is 0 Å². The quantitative estimate of drug-likeness (QED) is 0.252. The van der Waals surface area contributed by atoms with Crippen molar-refractivity contribution < 1.29 is 4.42 Å². The zero-order valence-electron chi connectivity index (χ0n) is 20.6. The predicted molar refractivity (Wildman–Crippen MR) is 161 cm³/mol. The molecule has 0 aliphatic rings. The monoisotopic (exact) mass is 485 g/mol. The fourth-order valence-electron chi connectivity index (χ4n) is 5.76. The van der Waals surface area contributed by atoms with E-state index in [4.69, 9.17) is 4.42 Å². The van der Waals surface area contributed by atoms with Crippen molar-refractivity contribution in [1.29, 1.82) is 0 Å². The van der Waals surface area contributed by atoms with Crippen molar-refractivity contribution in [2.24, 2.45) is 0 Å². The minimum absolute atomic E-state index is 0.914. The number of benzene rings is 7. The molecule has 0 amide bonds. The van der Waals surface area contributed by atoms with Crippen molar-refractivity contribution in [1.82, 2.24) is 0 Å². The molecule has 0 atom stereocenters. The van der Waals surface area contributed by atoms with Gasteiger partial charge in [0.1, 0.15) is 11.2 Å². The lowest BCUT2D eigenvalue weighted by molar-refractivity contribution is 0.673. The Kier molecular flexibility index (Phi) is 4.55. The van der Waals surface area contributed by atoms with Gasteiger partial charge in [-0.1, -0.05) is 97.1 Å². The van der Waals surface area contributed by atoms with Gasteiger partial charge in [0.15, 0.2) is 0 Å². The highest BCUT2D eigenvalue weighted by Gasteiger charge is 2.16. The number of furan rings is 1. The third-order valence-electron chi connectivity index (χ3n) is 7.60. The predicted octanol–water partition coefficient (Wildman–Crippen LogP) is 10.5. The molecule has 0 saturated carbocycles. The SMILES string of the molecule is c1ccc2cc(Nc3ccc(-c4ccc5c(c4)oc4c6ccccc6c6ccccc6c54)cc3)ccc2c1. The fraction of sp³-hybridized carbons (Fsp3) is 0. The van der Waals surface area contributed by atoms with Gasteiger partial charge in [-0.25, -0.2) is 0 Å². The molecule has 38 heavy (non-hydrogen) atoms. The minimum atomic E-state index is 0.914. The van der Waals surface area contributed by atoms with Crippen LogP contribution in [0.15, 0.2) is 138 Å². The molecule has 0 spiro atoms. The van der Waals surface area contributed by atoms with Gasteiger partial charge in [-0.05, 0) is 74.5 Å². The topological polar surface area (TPSA) is 25.2 Å². The van der Waals surface area contributed by atoms with Crippen molar-refractivity contribution in [3.05, 3.63) is 133 Å². The van der Waals surface area contributed by atoms with Gasteiger partial charge >= 0.3 is 0 Å². The number of hydrogen-bond acceptors (Lipinski definition) is 2. The van der Waals surface area contributed by atoms with Gasteiger partial charge in [0.05, 0.1) is 0 Å². The summed E-state index contributed by atoms with van der Waals surface area (Å²) in [5.74, 6) is 0. The average Bonchev–Trinajstić information content (AvgIpc) is 3.37. The van der Waals surface area contributed by atoms with Crippen LogP contribution in [0.4, 0.5) is 11.4 Å². The van der Waals surface area contributed by atoms with Gasteiger partial charge in [-0.2, -0.15) is 0 Å². The van der Waals surface area contributed by atoms with Crippen molar-refractivity contribution in [2.45, 2.75) is 0 Å². The van der Waals surface area contributed by atoms with Gasteiger partial charge in [-0.15, -0.1) is 0 Å². The van der Waals surface area contributed by atoms with Crippen molar-refractivity contribution >= 4 is 65.6 Å². The van der Waals surface area contributed by atoms with E-state index in [1.807, 2.05) is 0 Å². The molecule has 178 valence electrons. The molecule has 0 radical (unpaired) electrons. The molecule has 0 bridgehead atoms. The molecule has 0 fully saturated rings. The number of anilines is 2. The molecule has 1 N–H and O–H groups in total. The summed E-state index contributed by atoms with van der Waals surface area (Å²) < 4.78 is 6.56. The first-order chi connectivity index (χ1) is 18.8. The van der Waals surface area contributed by atoms with Crippen LogP contribution in [0.25, 0.3) is 65.4 Å². The molecule has 8 rings (SSSR count). The maximum atomic E-state index is 6.56. The summed E-state index contributed by atoms with van der Waals surface area (Å²) in [6.45, 7) is 0. The highest BCUT2D eigenvalue weighted by molar-refractivity contribution is 6.30. The summed E-state index contributed by atoms with van der Waals surface area (Å²) in [6.07, 6.45) is 0. The lowest BCUT2D eigenvalue weighted by atomic mass is 9.96. The van der Waals surface area contributed by atoms with Gasteiger partial charge in [-0.3, -0.25) is 0 Å². The van der Waals surface area contributed by atoms with Gasteiger partial charge in [0.2, 0.25) is 0 Å². The Morgan fingerprint density at radius 2 is 1.05 bits per heavy atom. The van der Waals surface area contributed by atoms with E-state index in [2.05, 4.69) is 139 Å². The van der Waals surface area contributed by atoms with Crippen LogP contribution in [0.5, 0.6) is 0 Å². The highest BCUT2D eigenvalue weighted by atomic mass is 16.3. The van der Waals surface area contributed by atoms with Crippen LogP contribution in [0.2, 0.25) is 0 Å². The number of rotatable bonds is 3. The Morgan fingerprint density at radius 1 is 0.421 bits per heavy atom. The van der Waals surface area contributed by atoms with Gasteiger partial charge < -0.3 is 9.73 Å². The second-order valence-electron chi connectivity index (χ2n) is 9.87. The molecular formula is C36H23NO. The summed E-state index contributed by atoms with van der Waals surface area (Å²) in [5.41, 5.74) is 6.32. The Hall–Kier alpha value is -5.08. The lowest BCUT2D eigenvalue weighted by Gasteiger charge is -2.09. The Labute approximate surface area is 219 Å². The summed E-state index contributed by atoms with van der Waals surface area (Å²) >= 11 is 0. The second-order valence-corrected chi connectivity index (χ2v) is 9.87. The second kappa shape index (κ2) is 8.22. The van der Waals surface area contributed by atoms with Crippen molar-refractivity contribution in [3.63, 3.8) is 0 Å². The average molecular weight is 486 g/mol. The molecule has 2 nitrogen and oxygen atoms in total. The van der Waals surface area contributed by atoms with Crippen LogP contribution < -0.4 is 5.32 Å². The summed E-state index contributed by atoms with van der Waals surface area (Å²) in [7, 11) is 0. The molecule has 0 aliphatic carbocycles. The molecule has 0 saturated heterocycles. The van der Waals surface area contributed by atoms with E-state index in [1.165, 1.54) is 32.3 Å². The number of nitrogens with one attached hydrogen (secondary N) is 1. The smallest absolute Gasteiger partial charge is 0.143 e. The first-order valence-corrected chi connectivity index (χ1v) is 12.9. The van der Waals surface area contributed by atoms with Crippen LogP contribution in [-0.4, -0.2) is 0 Å². The molecule has 0 unspecified atom stereocenters. The van der Waals surface area contributed by atoms with E-state index in [0.29, 0.717) is 0 Å². The highest BCUT2D eigenvalue weighted by Crippen LogP contribution is 2.41. The molecule has 2 heteroatoms. The zero-order chi connectivity index (χ0) is 25.1. The third-order valence-corrected chi connectivity index (χ3v) is 7.60. The first-order valence-electron chi connectivity index (χ1n) is 12.9. The Balaban J connectivity index is 1.19. The van der Waals surface area contributed by atoms with Crippen molar-refractivity contribution in [2.75, 3.05) is 5.32 Å². The molecule has 1 aromatic heterocycles. The van der Waals surface area contributed by atoms with Crippen molar-refractivity contribution in [3.8, 4) is 11.1 Å². The molecule has 8 aromatic rings. The van der Waals surface area contributed by atoms with E-state index < -0.39 is 0 Å². The maximum absolute atomic E-state index is 6.56. The largest absolute Gasteiger partial charge is 0.455 e. The lowest BCUT2D eigenvalue weighted by Crippen LogP contribution is -1.90. The van der Waals surface area contributed by atoms with Crippen LogP contribution >= 0.6 is 0 Å². The Bertz CT molecular complexity index is 2150. The van der Waals surface area contributed by atoms with E-state index in [-0.39, 0.29) is 0 Å². The fourth-order valence-corrected chi connectivity index (χ4v) is 5.76. The molecule has 1 heterocycles. The van der Waals surface area contributed by atoms with E-state index in [0.717, 1.165) is 44.4 Å². The summed E-state index contributed by atoms with van der Waals surface area (Å²) in [5, 5.41) is 13.2. The van der Waals surface area contributed by atoms with Crippen LogP contribution in [0.1, 0.15) is 0 Å². The van der Waals surface area contributed by atoms with E-state index in [9.17, 15) is 0 Å². The van der Waals surface area contributed by atoms with Crippen LogP contribution in [-0.2, 0) is 0 Å². The number of hydrogen-bond donors (Lipinski definition) is 1. The normalized spacial score (nSPS) is 11.7. The molecular weight excluding hydrogens is 462 g/mol. The van der Waals surface area contributed by atoms with Crippen LogP contribution in [0.3, 0.4) is 0 Å². The Morgan fingerprint density at radius 3 is 1.87 bits per heavy atom.